The lowest BCUT2D eigenvalue weighted by Crippen LogP contribution is -2.40. The maximum absolute atomic E-state index is 14.8. The number of alkyl halides is 4. The highest BCUT2D eigenvalue weighted by molar-refractivity contribution is 7.16. The number of nitrogens with one attached hydrogen (secondary N) is 1. The largest absolute Gasteiger partial charge is 0.573 e. The number of halogens is 5. The number of hydrogen-bond acceptors (Lipinski definition) is 8. The molecule has 0 amide bonds. The molecule has 1 aromatic carbocycles. The predicted molar refractivity (Wildman–Crippen MR) is 121 cm³/mol. The van der Waals surface area contributed by atoms with E-state index >= 15 is 0 Å². The maximum Gasteiger partial charge on any atom is 0.573 e. The quantitative estimate of drug-likeness (QED) is 0.413. The molecule has 8 nitrogen and oxygen atoms in total. The second-order valence-electron chi connectivity index (χ2n) is 7.74. The summed E-state index contributed by atoms with van der Waals surface area (Å²) in [5, 5.41) is 7.24. The van der Waals surface area contributed by atoms with Gasteiger partial charge in [0.25, 0.3) is 10.8 Å². The molecule has 0 aliphatic carbocycles. The minimum Gasteiger partial charge on any atom is -0.431 e. The van der Waals surface area contributed by atoms with Gasteiger partial charge in [0.1, 0.15) is 21.5 Å². The topological polar surface area (TPSA) is 87.5 Å². The van der Waals surface area contributed by atoms with Crippen molar-refractivity contribution < 1.29 is 31.8 Å². The van der Waals surface area contributed by atoms with Crippen molar-refractivity contribution in [1.82, 2.24) is 14.8 Å². The molecule has 3 heterocycles. The second kappa shape index (κ2) is 9.99. The van der Waals surface area contributed by atoms with E-state index in [0.717, 1.165) is 28.2 Å². The molecule has 1 N–H and O–H groups in total. The van der Waals surface area contributed by atoms with E-state index in [9.17, 15) is 22.4 Å². The molecule has 0 saturated carbocycles. The predicted octanol–water partition coefficient (Wildman–Crippen LogP) is 5.27. The van der Waals surface area contributed by atoms with Gasteiger partial charge in [0.05, 0.1) is 30.7 Å². The van der Waals surface area contributed by atoms with Crippen LogP contribution in [-0.4, -0.2) is 46.6 Å². The van der Waals surface area contributed by atoms with Gasteiger partial charge < -0.3 is 19.5 Å². The number of hydrogen-bond donors (Lipinski definition) is 1. The average Bonchev–Trinajstić information content (AvgIpc) is 3.15. The van der Waals surface area contributed by atoms with Gasteiger partial charge in [-0.15, -0.1) is 13.2 Å². The zero-order valence-electron chi connectivity index (χ0n) is 18.2. The number of thiazole rings is 1. The number of nitrogens with zero attached hydrogens (tertiary/aromatic N) is 3. The van der Waals surface area contributed by atoms with E-state index in [4.69, 9.17) is 21.1 Å². The SMILES string of the molecule is Cc1nc(Oc2ccc(OC(F)(F)F)cc2)sc1-n1ncc(NC[C@@]2(F)CCCOC2)c(Cl)c1=O. The third-order valence-corrected chi connectivity index (χ3v) is 6.37. The molecule has 0 bridgehead atoms. The minimum atomic E-state index is -4.80. The summed E-state index contributed by atoms with van der Waals surface area (Å²) in [7, 11) is 0. The normalized spacial score (nSPS) is 18.3. The average molecular weight is 535 g/mol. The van der Waals surface area contributed by atoms with Crippen LogP contribution in [0.3, 0.4) is 0 Å². The first-order valence-corrected chi connectivity index (χ1v) is 11.5. The first-order valence-electron chi connectivity index (χ1n) is 10.3. The van der Waals surface area contributed by atoms with Gasteiger partial charge in [0.2, 0.25) is 0 Å². The monoisotopic (exact) mass is 534 g/mol. The van der Waals surface area contributed by atoms with Crippen LogP contribution in [0.25, 0.3) is 5.00 Å². The first-order chi connectivity index (χ1) is 16.5. The van der Waals surface area contributed by atoms with Gasteiger partial charge in [-0.05, 0) is 44.0 Å². The molecule has 3 aromatic rings. The Hall–Kier alpha value is -2.90. The molecule has 4 rings (SSSR count). The zero-order chi connectivity index (χ0) is 25.2. The Morgan fingerprint density at radius 3 is 2.66 bits per heavy atom. The van der Waals surface area contributed by atoms with Crippen LogP contribution in [0, 0.1) is 6.92 Å². The van der Waals surface area contributed by atoms with Crippen molar-refractivity contribution in [2.24, 2.45) is 0 Å². The first kappa shape index (κ1) is 25.2. The molecule has 0 unspecified atom stereocenters. The molecule has 2 aromatic heterocycles. The number of aromatic nitrogens is 3. The third-order valence-electron chi connectivity index (χ3n) is 5.00. The minimum absolute atomic E-state index is 0.0387. The number of benzene rings is 1. The highest BCUT2D eigenvalue weighted by atomic mass is 35.5. The fraction of sp³-hybridized carbons (Fsp3) is 0.381. The summed E-state index contributed by atoms with van der Waals surface area (Å²) in [4.78, 5) is 17.1. The van der Waals surface area contributed by atoms with Crippen LogP contribution >= 0.6 is 22.9 Å². The molecular formula is C21H19ClF4N4O4S. The van der Waals surface area contributed by atoms with Gasteiger partial charge >= 0.3 is 6.36 Å². The van der Waals surface area contributed by atoms with Crippen molar-refractivity contribution >= 4 is 28.6 Å². The maximum atomic E-state index is 14.8. The Labute approximate surface area is 205 Å². The molecule has 1 atom stereocenters. The number of rotatable bonds is 7. The van der Waals surface area contributed by atoms with Crippen LogP contribution in [0.4, 0.5) is 23.2 Å². The lowest BCUT2D eigenvalue weighted by atomic mass is 9.99. The van der Waals surface area contributed by atoms with Gasteiger partial charge in [-0.2, -0.15) is 9.78 Å². The summed E-state index contributed by atoms with van der Waals surface area (Å²) in [5.41, 5.74) is -1.60. The Morgan fingerprint density at radius 2 is 2.00 bits per heavy atom. The summed E-state index contributed by atoms with van der Waals surface area (Å²) in [6.45, 7) is 2.02. The van der Waals surface area contributed by atoms with Crippen LogP contribution < -0.4 is 20.3 Å². The molecule has 1 saturated heterocycles. The van der Waals surface area contributed by atoms with Crippen LogP contribution in [-0.2, 0) is 4.74 Å². The Morgan fingerprint density at radius 1 is 1.29 bits per heavy atom. The van der Waals surface area contributed by atoms with Crippen LogP contribution in [0.2, 0.25) is 5.02 Å². The number of aryl methyl sites for hydroxylation is 1. The summed E-state index contributed by atoms with van der Waals surface area (Å²) in [5.74, 6) is -0.181. The van der Waals surface area contributed by atoms with Gasteiger partial charge in [0, 0.05) is 6.61 Å². The van der Waals surface area contributed by atoms with E-state index in [1.54, 1.807) is 6.92 Å². The fourth-order valence-corrected chi connectivity index (χ4v) is 4.42. The summed E-state index contributed by atoms with van der Waals surface area (Å²) < 4.78 is 67.3. The molecule has 1 fully saturated rings. The second-order valence-corrected chi connectivity index (χ2v) is 9.06. The molecule has 0 radical (unpaired) electrons. The highest BCUT2D eigenvalue weighted by Gasteiger charge is 2.33. The Balaban J connectivity index is 1.48. The van der Waals surface area contributed by atoms with Crippen molar-refractivity contribution in [2.45, 2.75) is 31.8 Å². The van der Waals surface area contributed by atoms with Gasteiger partial charge in [-0.3, -0.25) is 4.79 Å². The van der Waals surface area contributed by atoms with Crippen molar-refractivity contribution in [1.29, 1.82) is 0 Å². The van der Waals surface area contributed by atoms with Crippen molar-refractivity contribution in [3.05, 3.63) is 51.5 Å². The molecule has 188 valence electrons. The molecular weight excluding hydrogens is 516 g/mol. The summed E-state index contributed by atoms with van der Waals surface area (Å²) in [6.07, 6.45) is -2.54. The lowest BCUT2D eigenvalue weighted by Gasteiger charge is -2.29. The zero-order valence-corrected chi connectivity index (χ0v) is 19.8. The number of ether oxygens (including phenoxy) is 3. The van der Waals surface area contributed by atoms with Crippen molar-refractivity contribution in [3.63, 3.8) is 0 Å². The van der Waals surface area contributed by atoms with Crippen molar-refractivity contribution in [2.75, 3.05) is 25.1 Å². The fourth-order valence-electron chi connectivity index (χ4n) is 3.33. The summed E-state index contributed by atoms with van der Waals surface area (Å²) >= 11 is 7.22. The van der Waals surface area contributed by atoms with Gasteiger partial charge in [-0.1, -0.05) is 22.9 Å². The van der Waals surface area contributed by atoms with Gasteiger partial charge in [-0.25, -0.2) is 9.37 Å². The van der Waals surface area contributed by atoms with E-state index < -0.39 is 23.3 Å². The molecule has 14 heteroatoms. The van der Waals surface area contributed by atoms with Gasteiger partial charge in [0.15, 0.2) is 5.67 Å². The summed E-state index contributed by atoms with van der Waals surface area (Å²) in [6, 6.07) is 4.77. The van der Waals surface area contributed by atoms with Crippen molar-refractivity contribution in [3.8, 4) is 21.7 Å². The third kappa shape index (κ3) is 6.21. The Kier molecular flexibility index (Phi) is 7.20. The van der Waals surface area contributed by atoms with Crippen LogP contribution in [0.5, 0.6) is 16.7 Å². The van der Waals surface area contributed by atoms with E-state index in [-0.39, 0.29) is 34.8 Å². The van der Waals surface area contributed by atoms with Crippen LogP contribution in [0.1, 0.15) is 18.5 Å². The number of anilines is 1. The smallest absolute Gasteiger partial charge is 0.431 e. The van der Waals surface area contributed by atoms with Crippen LogP contribution in [0.15, 0.2) is 35.3 Å². The van der Waals surface area contributed by atoms with E-state index in [1.165, 1.54) is 18.3 Å². The van der Waals surface area contributed by atoms with E-state index in [1.807, 2.05) is 0 Å². The van der Waals surface area contributed by atoms with E-state index in [0.29, 0.717) is 30.1 Å². The lowest BCUT2D eigenvalue weighted by molar-refractivity contribution is -0.274. The molecule has 0 spiro atoms. The molecule has 1 aliphatic rings. The Bertz CT molecular complexity index is 1240. The van der Waals surface area contributed by atoms with E-state index in [2.05, 4.69) is 20.1 Å². The highest BCUT2D eigenvalue weighted by Crippen LogP contribution is 2.33. The molecule has 35 heavy (non-hydrogen) atoms. The molecule has 1 aliphatic heterocycles. The standard InChI is InChI=1S/C21H19ClF4N4O4S/c1-12-18(35-19(29-12)33-13-3-5-14(6-4-13)34-21(24,25)26)30-17(31)16(22)15(9-28-30)27-10-20(23)7-2-8-32-11-20/h3-6,9,27H,2,7-8,10-11H2,1H3/t20-/m0/s1.